The lowest BCUT2D eigenvalue weighted by Crippen LogP contribution is -2.52. The van der Waals surface area contributed by atoms with Gasteiger partial charge in [0.25, 0.3) is 0 Å². The summed E-state index contributed by atoms with van der Waals surface area (Å²) in [5.74, 6) is 1.26. The zero-order chi connectivity index (χ0) is 27.3. The van der Waals surface area contributed by atoms with Crippen LogP contribution < -0.4 is 14.8 Å². The summed E-state index contributed by atoms with van der Waals surface area (Å²) in [6, 6.07) is 24.4. The maximum absolute atomic E-state index is 13.7. The van der Waals surface area contributed by atoms with Crippen molar-refractivity contribution in [3.05, 3.63) is 94.5 Å². The van der Waals surface area contributed by atoms with Gasteiger partial charge in [-0.1, -0.05) is 65.3 Å². The molecule has 2 atom stereocenters. The predicted octanol–water partition coefficient (Wildman–Crippen LogP) is 6.17. The number of carbonyl (C=O) groups excluding carboxylic acids is 2. The molecular formula is C31H37BrN2O4. The van der Waals surface area contributed by atoms with E-state index in [0.717, 1.165) is 33.5 Å². The van der Waals surface area contributed by atoms with Crippen LogP contribution in [0.15, 0.2) is 83.3 Å². The first kappa shape index (κ1) is 29.2. The minimum Gasteiger partial charge on any atom is -0.497 e. The number of amides is 2. The molecule has 6 nitrogen and oxygen atoms in total. The van der Waals surface area contributed by atoms with Gasteiger partial charge in [0.1, 0.15) is 17.5 Å². The van der Waals surface area contributed by atoms with Crippen LogP contribution in [-0.2, 0) is 22.6 Å². The third-order valence-corrected chi connectivity index (χ3v) is 6.87. The molecule has 0 bridgehead atoms. The molecule has 38 heavy (non-hydrogen) atoms. The summed E-state index contributed by atoms with van der Waals surface area (Å²) >= 11 is 3.53. The maximum atomic E-state index is 13.7. The molecule has 0 aliphatic carbocycles. The second-order valence-corrected chi connectivity index (χ2v) is 10.2. The molecule has 0 saturated carbocycles. The van der Waals surface area contributed by atoms with Gasteiger partial charge in [0.2, 0.25) is 11.8 Å². The van der Waals surface area contributed by atoms with Gasteiger partial charge in [-0.15, -0.1) is 0 Å². The maximum Gasteiger partial charge on any atom is 0.243 e. The number of rotatable bonds is 14. The lowest BCUT2D eigenvalue weighted by atomic mass is 10.0. The number of nitrogens with one attached hydrogen (secondary N) is 1. The van der Waals surface area contributed by atoms with E-state index in [-0.39, 0.29) is 24.3 Å². The van der Waals surface area contributed by atoms with Crippen LogP contribution in [0, 0.1) is 0 Å². The Morgan fingerprint density at radius 3 is 2.29 bits per heavy atom. The molecule has 2 unspecified atom stereocenters. The van der Waals surface area contributed by atoms with E-state index in [4.69, 9.17) is 9.47 Å². The van der Waals surface area contributed by atoms with Crippen molar-refractivity contribution in [3.8, 4) is 11.5 Å². The molecule has 3 aromatic rings. The smallest absolute Gasteiger partial charge is 0.243 e. The summed E-state index contributed by atoms with van der Waals surface area (Å²) in [5, 5.41) is 3.10. The summed E-state index contributed by atoms with van der Waals surface area (Å²) in [6.45, 7) is 4.74. The highest BCUT2D eigenvalue weighted by Crippen LogP contribution is 2.20. The highest BCUT2D eigenvalue weighted by molar-refractivity contribution is 9.10. The summed E-state index contributed by atoms with van der Waals surface area (Å²) in [5.41, 5.74) is 1.96. The van der Waals surface area contributed by atoms with Crippen molar-refractivity contribution in [2.75, 3.05) is 13.7 Å². The molecular weight excluding hydrogens is 544 g/mol. The Morgan fingerprint density at radius 2 is 1.63 bits per heavy atom. The number of benzene rings is 3. The van der Waals surface area contributed by atoms with Gasteiger partial charge in [0.05, 0.1) is 13.7 Å². The fourth-order valence-electron chi connectivity index (χ4n) is 4.06. The Balaban J connectivity index is 1.78. The van der Waals surface area contributed by atoms with E-state index in [1.807, 2.05) is 92.7 Å². The number of ether oxygens (including phenoxy) is 2. The number of hydrogen-bond donors (Lipinski definition) is 1. The first-order valence-electron chi connectivity index (χ1n) is 13.0. The fraction of sp³-hybridized carbons (Fsp3) is 0.355. The Hall–Kier alpha value is -3.32. The zero-order valence-electron chi connectivity index (χ0n) is 22.4. The van der Waals surface area contributed by atoms with Crippen molar-refractivity contribution in [2.24, 2.45) is 0 Å². The summed E-state index contributed by atoms with van der Waals surface area (Å²) in [7, 11) is 1.62. The Morgan fingerprint density at radius 1 is 0.947 bits per heavy atom. The molecule has 0 fully saturated rings. The van der Waals surface area contributed by atoms with Crippen molar-refractivity contribution in [1.82, 2.24) is 10.2 Å². The van der Waals surface area contributed by atoms with Crippen LogP contribution in [0.3, 0.4) is 0 Å². The highest BCUT2D eigenvalue weighted by atomic mass is 79.9. The first-order chi connectivity index (χ1) is 18.4. The first-order valence-corrected chi connectivity index (χ1v) is 13.8. The van der Waals surface area contributed by atoms with Crippen LogP contribution in [0.1, 0.15) is 44.2 Å². The Bertz CT molecular complexity index is 1150. The van der Waals surface area contributed by atoms with Gasteiger partial charge in [-0.25, -0.2) is 0 Å². The monoisotopic (exact) mass is 580 g/mol. The third-order valence-electron chi connectivity index (χ3n) is 6.38. The molecule has 0 spiro atoms. The molecule has 202 valence electrons. The lowest BCUT2D eigenvalue weighted by molar-refractivity contribution is -0.141. The van der Waals surface area contributed by atoms with Gasteiger partial charge in [0, 0.05) is 29.9 Å². The van der Waals surface area contributed by atoms with E-state index in [1.165, 1.54) is 0 Å². The average Bonchev–Trinajstić information content (AvgIpc) is 2.93. The number of carbonyl (C=O) groups is 2. The molecule has 7 heteroatoms. The van der Waals surface area contributed by atoms with E-state index < -0.39 is 6.04 Å². The van der Waals surface area contributed by atoms with Crippen LogP contribution in [0.2, 0.25) is 0 Å². The lowest BCUT2D eigenvalue weighted by Gasteiger charge is -2.32. The van der Waals surface area contributed by atoms with Crippen molar-refractivity contribution < 1.29 is 19.1 Å². The Kier molecular flexibility index (Phi) is 11.7. The summed E-state index contributed by atoms with van der Waals surface area (Å²) in [6.07, 6.45) is 2.05. The fourth-order valence-corrected chi connectivity index (χ4v) is 4.50. The van der Waals surface area contributed by atoms with Gasteiger partial charge in [-0.2, -0.15) is 0 Å². The summed E-state index contributed by atoms with van der Waals surface area (Å²) in [4.78, 5) is 28.9. The molecule has 0 heterocycles. The van der Waals surface area contributed by atoms with Gasteiger partial charge >= 0.3 is 0 Å². The van der Waals surface area contributed by atoms with Gasteiger partial charge < -0.3 is 19.7 Å². The number of methoxy groups -OCH3 is 1. The molecule has 3 rings (SSSR count). The standard InChI is InChI=1S/C31H37BrN2O4/c1-4-23(2)33-31(36)29(21-24-10-6-5-7-11-24)34(22-25-12-8-13-26(32)20-25)30(35)14-9-19-38-28-17-15-27(37-3)16-18-28/h5-8,10-13,15-18,20,23,29H,4,9,14,19,21-22H2,1-3H3,(H,33,36). The normalized spacial score (nSPS) is 12.3. The van der Waals surface area contributed by atoms with Crippen molar-refractivity contribution in [1.29, 1.82) is 0 Å². The zero-order valence-corrected chi connectivity index (χ0v) is 23.9. The van der Waals surface area contributed by atoms with Crippen LogP contribution in [0.25, 0.3) is 0 Å². The van der Waals surface area contributed by atoms with Gasteiger partial charge in [0.15, 0.2) is 0 Å². The van der Waals surface area contributed by atoms with Crippen molar-refractivity contribution in [2.45, 2.75) is 58.2 Å². The molecule has 1 N–H and O–H groups in total. The van der Waals surface area contributed by atoms with Crippen LogP contribution in [0.4, 0.5) is 0 Å². The molecule has 0 radical (unpaired) electrons. The van der Waals surface area contributed by atoms with E-state index in [0.29, 0.717) is 26.0 Å². The van der Waals surface area contributed by atoms with E-state index in [9.17, 15) is 9.59 Å². The summed E-state index contributed by atoms with van der Waals surface area (Å²) < 4.78 is 11.9. The quantitative estimate of drug-likeness (QED) is 0.231. The highest BCUT2D eigenvalue weighted by Gasteiger charge is 2.30. The second-order valence-electron chi connectivity index (χ2n) is 9.30. The topological polar surface area (TPSA) is 67.9 Å². The van der Waals surface area contributed by atoms with Gasteiger partial charge in [-0.3, -0.25) is 9.59 Å². The van der Waals surface area contributed by atoms with Crippen LogP contribution in [-0.4, -0.2) is 42.5 Å². The van der Waals surface area contributed by atoms with Crippen molar-refractivity contribution >= 4 is 27.7 Å². The predicted molar refractivity (Wildman–Crippen MR) is 154 cm³/mol. The largest absolute Gasteiger partial charge is 0.497 e. The number of nitrogens with zero attached hydrogens (tertiary/aromatic N) is 1. The molecule has 2 amide bonds. The minimum atomic E-state index is -0.639. The van der Waals surface area contributed by atoms with Crippen LogP contribution >= 0.6 is 15.9 Å². The third kappa shape index (κ3) is 9.21. The van der Waals surface area contributed by atoms with Crippen LogP contribution in [0.5, 0.6) is 11.5 Å². The molecule has 0 aliphatic rings. The SMILES string of the molecule is CCC(C)NC(=O)C(Cc1ccccc1)N(Cc1cccc(Br)c1)C(=O)CCCOc1ccc(OC)cc1. The van der Waals surface area contributed by atoms with E-state index in [2.05, 4.69) is 21.2 Å². The van der Waals surface area contributed by atoms with Gasteiger partial charge in [-0.05, 0) is 67.3 Å². The molecule has 0 saturated heterocycles. The molecule has 0 aromatic heterocycles. The second kappa shape index (κ2) is 15.2. The average molecular weight is 582 g/mol. The van der Waals surface area contributed by atoms with Crippen molar-refractivity contribution in [3.63, 3.8) is 0 Å². The molecule has 3 aromatic carbocycles. The Labute approximate surface area is 234 Å². The van der Waals surface area contributed by atoms with E-state index >= 15 is 0 Å². The minimum absolute atomic E-state index is 0.0153. The number of hydrogen-bond acceptors (Lipinski definition) is 4. The molecule has 0 aliphatic heterocycles. The van der Waals surface area contributed by atoms with E-state index in [1.54, 1.807) is 12.0 Å². The number of halogens is 1.